The number of aromatic hydroxyl groups is 1. The Morgan fingerprint density at radius 2 is 2.08 bits per heavy atom. The maximum Gasteiger partial charge on any atom is 0.134 e. The van der Waals surface area contributed by atoms with Crippen LogP contribution in [0, 0.1) is 0 Å². The van der Waals surface area contributed by atoms with Gasteiger partial charge < -0.3 is 10.8 Å². The Labute approximate surface area is 93.7 Å². The van der Waals surface area contributed by atoms with Crippen molar-refractivity contribution < 1.29 is 5.11 Å². The second-order valence-corrected chi connectivity index (χ2v) is 4.36. The van der Waals surface area contributed by atoms with Gasteiger partial charge in [-0.25, -0.2) is 0 Å². The minimum absolute atomic E-state index is 0.163. The molecule has 0 unspecified atom stereocenters. The third kappa shape index (κ3) is 2.33. The summed E-state index contributed by atoms with van der Waals surface area (Å²) < 4.78 is 1.48. The van der Waals surface area contributed by atoms with E-state index in [1.807, 2.05) is 0 Å². The summed E-state index contributed by atoms with van der Waals surface area (Å²) in [6, 6.07) is 3.18. The van der Waals surface area contributed by atoms with Gasteiger partial charge in [0.15, 0.2) is 0 Å². The summed E-state index contributed by atoms with van der Waals surface area (Å²) in [5.41, 5.74) is 6.36. The van der Waals surface area contributed by atoms with Crippen molar-refractivity contribution in [3.63, 3.8) is 0 Å². The molecule has 3 N–H and O–H groups in total. The predicted octanol–water partition coefficient (Wildman–Crippen LogP) is 3.10. The molecule has 70 valence electrons. The topological polar surface area (TPSA) is 46.2 Å². The molecular formula is C9H9Br2NO. The van der Waals surface area contributed by atoms with Crippen LogP contribution in [0.5, 0.6) is 5.75 Å². The normalized spacial score (nSPS) is 12.5. The average Bonchev–Trinajstić information content (AvgIpc) is 2.10. The van der Waals surface area contributed by atoms with Gasteiger partial charge in [0.1, 0.15) is 5.75 Å². The van der Waals surface area contributed by atoms with Crippen LogP contribution in [0.15, 0.2) is 33.7 Å². The summed E-state index contributed by atoms with van der Waals surface area (Å²) in [6.07, 6.45) is 1.58. The lowest BCUT2D eigenvalue weighted by Gasteiger charge is -2.10. The van der Waals surface area contributed by atoms with E-state index in [0.717, 1.165) is 4.47 Å². The van der Waals surface area contributed by atoms with E-state index >= 15 is 0 Å². The number of phenolic OH excluding ortho intramolecular Hbond substituents is 1. The molecule has 2 nitrogen and oxygen atoms in total. The Balaban J connectivity index is 3.27. The molecule has 0 aliphatic heterocycles. The van der Waals surface area contributed by atoms with E-state index in [1.165, 1.54) is 0 Å². The average molecular weight is 307 g/mol. The lowest BCUT2D eigenvalue weighted by Crippen LogP contribution is -2.06. The molecule has 0 bridgehead atoms. The quantitative estimate of drug-likeness (QED) is 0.825. The van der Waals surface area contributed by atoms with E-state index in [9.17, 15) is 5.11 Å². The lowest BCUT2D eigenvalue weighted by molar-refractivity contribution is 0.462. The fourth-order valence-electron chi connectivity index (χ4n) is 0.967. The Kier molecular flexibility index (Phi) is 3.53. The van der Waals surface area contributed by atoms with Crippen LogP contribution in [-0.4, -0.2) is 5.11 Å². The molecule has 1 aromatic rings. The SMILES string of the molecule is C=C[C@H](N)c1cc(Br)cc(Br)c1O. The van der Waals surface area contributed by atoms with Crippen molar-refractivity contribution in [2.75, 3.05) is 0 Å². The van der Waals surface area contributed by atoms with Gasteiger partial charge in [-0.15, -0.1) is 6.58 Å². The second-order valence-electron chi connectivity index (χ2n) is 2.59. The zero-order chi connectivity index (χ0) is 10.0. The molecule has 0 fully saturated rings. The Bertz CT molecular complexity index is 339. The van der Waals surface area contributed by atoms with Crippen LogP contribution in [0.25, 0.3) is 0 Å². The Morgan fingerprint density at radius 3 is 2.62 bits per heavy atom. The largest absolute Gasteiger partial charge is 0.506 e. The Morgan fingerprint density at radius 1 is 1.46 bits per heavy atom. The number of benzene rings is 1. The minimum atomic E-state index is -0.353. The zero-order valence-electron chi connectivity index (χ0n) is 6.80. The van der Waals surface area contributed by atoms with Crippen molar-refractivity contribution >= 4 is 31.9 Å². The van der Waals surface area contributed by atoms with Gasteiger partial charge in [-0.2, -0.15) is 0 Å². The summed E-state index contributed by atoms with van der Waals surface area (Å²) in [5.74, 6) is 0.163. The number of hydrogen-bond acceptors (Lipinski definition) is 2. The van der Waals surface area contributed by atoms with E-state index in [0.29, 0.717) is 10.0 Å². The summed E-state index contributed by atoms with van der Waals surface area (Å²) in [4.78, 5) is 0. The lowest BCUT2D eigenvalue weighted by atomic mass is 10.1. The van der Waals surface area contributed by atoms with Crippen molar-refractivity contribution in [1.82, 2.24) is 0 Å². The van der Waals surface area contributed by atoms with Crippen molar-refractivity contribution in [3.8, 4) is 5.75 Å². The van der Waals surface area contributed by atoms with Gasteiger partial charge in [0.25, 0.3) is 0 Å². The fraction of sp³-hybridized carbons (Fsp3) is 0.111. The minimum Gasteiger partial charge on any atom is -0.506 e. The first-order chi connectivity index (χ1) is 6.06. The molecule has 4 heteroatoms. The van der Waals surface area contributed by atoms with Crippen LogP contribution < -0.4 is 5.73 Å². The molecule has 0 aromatic heterocycles. The van der Waals surface area contributed by atoms with Gasteiger partial charge in [0.05, 0.1) is 10.5 Å². The van der Waals surface area contributed by atoms with Crippen molar-refractivity contribution in [2.24, 2.45) is 5.73 Å². The first-order valence-electron chi connectivity index (χ1n) is 3.62. The molecular weight excluding hydrogens is 298 g/mol. The highest BCUT2D eigenvalue weighted by Crippen LogP contribution is 2.34. The molecule has 0 saturated carbocycles. The van der Waals surface area contributed by atoms with Gasteiger partial charge in [0, 0.05) is 10.0 Å². The number of phenols is 1. The molecule has 13 heavy (non-hydrogen) atoms. The molecule has 0 heterocycles. The first kappa shape index (κ1) is 10.8. The molecule has 0 aliphatic rings. The van der Waals surface area contributed by atoms with Crippen LogP contribution in [-0.2, 0) is 0 Å². The summed E-state index contributed by atoms with van der Waals surface area (Å²) in [5, 5.41) is 9.63. The van der Waals surface area contributed by atoms with E-state index in [2.05, 4.69) is 38.4 Å². The fourth-order valence-corrected chi connectivity index (χ4v) is 2.23. The molecule has 1 rings (SSSR count). The number of halogens is 2. The van der Waals surface area contributed by atoms with Crippen LogP contribution in [0.1, 0.15) is 11.6 Å². The predicted molar refractivity (Wildman–Crippen MR) is 60.6 cm³/mol. The maximum absolute atomic E-state index is 9.63. The highest BCUT2D eigenvalue weighted by atomic mass is 79.9. The van der Waals surface area contributed by atoms with Gasteiger partial charge in [-0.3, -0.25) is 0 Å². The molecule has 1 atom stereocenters. The van der Waals surface area contributed by atoms with Gasteiger partial charge in [-0.05, 0) is 28.1 Å². The monoisotopic (exact) mass is 305 g/mol. The van der Waals surface area contributed by atoms with E-state index < -0.39 is 0 Å². The Hall–Kier alpha value is -0.320. The molecule has 0 aliphatic carbocycles. The standard InChI is InChI=1S/C9H9Br2NO/c1-2-8(12)6-3-5(10)4-7(11)9(6)13/h2-4,8,13H,1,12H2/t8-/m0/s1. The van der Waals surface area contributed by atoms with Crippen LogP contribution in [0.3, 0.4) is 0 Å². The zero-order valence-corrected chi connectivity index (χ0v) is 9.97. The van der Waals surface area contributed by atoms with Gasteiger partial charge in [0.2, 0.25) is 0 Å². The molecule has 0 saturated heterocycles. The van der Waals surface area contributed by atoms with Crippen LogP contribution in [0.2, 0.25) is 0 Å². The van der Waals surface area contributed by atoms with Crippen LogP contribution in [0.4, 0.5) is 0 Å². The van der Waals surface area contributed by atoms with E-state index in [4.69, 9.17) is 5.73 Å². The highest BCUT2D eigenvalue weighted by Gasteiger charge is 2.11. The number of hydrogen-bond donors (Lipinski definition) is 2. The molecule has 1 aromatic carbocycles. The first-order valence-corrected chi connectivity index (χ1v) is 5.21. The van der Waals surface area contributed by atoms with Gasteiger partial charge >= 0.3 is 0 Å². The molecule has 0 radical (unpaired) electrons. The molecule has 0 spiro atoms. The van der Waals surface area contributed by atoms with E-state index in [-0.39, 0.29) is 11.8 Å². The molecule has 0 amide bonds. The van der Waals surface area contributed by atoms with Crippen molar-refractivity contribution in [3.05, 3.63) is 39.3 Å². The number of rotatable bonds is 2. The van der Waals surface area contributed by atoms with Crippen molar-refractivity contribution in [2.45, 2.75) is 6.04 Å². The summed E-state index contributed by atoms with van der Waals surface area (Å²) in [6.45, 7) is 3.57. The van der Waals surface area contributed by atoms with Gasteiger partial charge in [-0.1, -0.05) is 22.0 Å². The highest BCUT2D eigenvalue weighted by molar-refractivity contribution is 9.11. The third-order valence-corrected chi connectivity index (χ3v) is 2.73. The van der Waals surface area contributed by atoms with Crippen molar-refractivity contribution in [1.29, 1.82) is 0 Å². The smallest absolute Gasteiger partial charge is 0.134 e. The van der Waals surface area contributed by atoms with E-state index in [1.54, 1.807) is 18.2 Å². The second kappa shape index (κ2) is 4.26. The van der Waals surface area contributed by atoms with Crippen LogP contribution >= 0.6 is 31.9 Å². The summed E-state index contributed by atoms with van der Waals surface area (Å²) >= 11 is 6.54. The third-order valence-electron chi connectivity index (χ3n) is 1.67. The maximum atomic E-state index is 9.63. The number of nitrogens with two attached hydrogens (primary N) is 1. The summed E-state index contributed by atoms with van der Waals surface area (Å²) in [7, 11) is 0.